The fraction of sp³-hybridized carbons (Fsp3) is 0.273. The van der Waals surface area contributed by atoms with Crippen LogP contribution in [0.1, 0.15) is 27.2 Å². The van der Waals surface area contributed by atoms with Crippen molar-refractivity contribution >= 4 is 29.1 Å². The van der Waals surface area contributed by atoms with Crippen LogP contribution < -0.4 is 19.1 Å². The van der Waals surface area contributed by atoms with Crippen LogP contribution in [-0.2, 0) is 4.79 Å². The summed E-state index contributed by atoms with van der Waals surface area (Å²) in [4.78, 5) is 28.2. The number of thiazole rings is 1. The summed E-state index contributed by atoms with van der Waals surface area (Å²) >= 11 is 2.42. The molecule has 31 heavy (non-hydrogen) atoms. The maximum absolute atomic E-state index is 12.6. The van der Waals surface area contributed by atoms with Crippen molar-refractivity contribution < 1.29 is 24.1 Å². The first-order valence-corrected chi connectivity index (χ1v) is 11.1. The second-order valence-electron chi connectivity index (χ2n) is 6.98. The number of H-pyrrole nitrogens is 1. The van der Waals surface area contributed by atoms with Crippen molar-refractivity contribution in [1.29, 1.82) is 0 Å². The first-order valence-electron chi connectivity index (χ1n) is 9.45. The predicted octanol–water partition coefficient (Wildman–Crippen LogP) is 4.14. The van der Waals surface area contributed by atoms with Gasteiger partial charge in [0.15, 0.2) is 11.5 Å². The van der Waals surface area contributed by atoms with Crippen molar-refractivity contribution in [3.8, 4) is 17.2 Å². The minimum absolute atomic E-state index is 0.201. The maximum atomic E-state index is 12.6. The zero-order chi connectivity index (χ0) is 22.1. The van der Waals surface area contributed by atoms with Crippen LogP contribution in [0.5, 0.6) is 17.2 Å². The number of hydrogen-bond acceptors (Lipinski definition) is 7. The topological polar surface area (TPSA) is 97.9 Å². The van der Waals surface area contributed by atoms with Crippen LogP contribution in [-0.4, -0.2) is 37.4 Å². The molecule has 2 N–H and O–H groups in total. The number of carboxylic acids is 1. The normalized spacial score (nSPS) is 20.0. The number of aromatic nitrogens is 1. The van der Waals surface area contributed by atoms with Crippen LogP contribution in [0, 0.1) is 5.92 Å². The summed E-state index contributed by atoms with van der Waals surface area (Å²) in [7, 11) is 4.67. The molecule has 9 heteroatoms. The van der Waals surface area contributed by atoms with Crippen LogP contribution in [0.4, 0.5) is 0 Å². The van der Waals surface area contributed by atoms with E-state index >= 15 is 0 Å². The van der Waals surface area contributed by atoms with Gasteiger partial charge in [0.05, 0.1) is 37.5 Å². The van der Waals surface area contributed by atoms with E-state index in [1.807, 2.05) is 18.2 Å². The summed E-state index contributed by atoms with van der Waals surface area (Å²) in [5.41, 5.74) is 1.60. The zero-order valence-corrected chi connectivity index (χ0v) is 18.7. The van der Waals surface area contributed by atoms with Crippen LogP contribution >= 0.6 is 23.1 Å². The monoisotopic (exact) mass is 459 g/mol. The fourth-order valence-electron chi connectivity index (χ4n) is 3.90. The second kappa shape index (κ2) is 8.68. The molecular formula is C22H21NO6S2. The number of rotatable bonds is 6. The number of fused-ring (bicyclic) bond motifs is 1. The third-order valence-electron chi connectivity index (χ3n) is 5.35. The number of thioether (sulfide) groups is 1. The molecule has 0 amide bonds. The van der Waals surface area contributed by atoms with E-state index in [4.69, 9.17) is 14.2 Å². The molecule has 0 aliphatic carbocycles. The quantitative estimate of drug-likeness (QED) is 0.572. The van der Waals surface area contributed by atoms with E-state index < -0.39 is 23.1 Å². The van der Waals surface area contributed by atoms with Crippen LogP contribution in [0.3, 0.4) is 0 Å². The van der Waals surface area contributed by atoms with Crippen molar-refractivity contribution in [2.24, 2.45) is 5.92 Å². The number of carboxylic acid groups (broad SMARTS) is 1. The number of aliphatic carboxylic acids is 1. The van der Waals surface area contributed by atoms with Gasteiger partial charge in [-0.05, 0) is 35.4 Å². The van der Waals surface area contributed by atoms with E-state index in [1.54, 1.807) is 45.6 Å². The van der Waals surface area contributed by atoms with E-state index in [0.29, 0.717) is 22.3 Å². The molecule has 7 nitrogen and oxygen atoms in total. The molecule has 0 saturated carbocycles. The van der Waals surface area contributed by atoms with E-state index in [0.717, 1.165) is 27.3 Å². The highest BCUT2D eigenvalue weighted by molar-refractivity contribution is 7.99. The van der Waals surface area contributed by atoms with Crippen molar-refractivity contribution in [1.82, 2.24) is 4.98 Å². The lowest BCUT2D eigenvalue weighted by Crippen LogP contribution is -2.30. The highest BCUT2D eigenvalue weighted by atomic mass is 32.2. The number of ether oxygens (including phenoxy) is 3. The molecule has 1 aliphatic heterocycles. The lowest BCUT2D eigenvalue weighted by atomic mass is 9.80. The minimum Gasteiger partial charge on any atom is -0.497 e. The summed E-state index contributed by atoms with van der Waals surface area (Å²) < 4.78 is 16.0. The first-order chi connectivity index (χ1) is 15.0. The molecule has 0 spiro atoms. The number of nitrogens with one attached hydrogen (secondary N) is 1. The lowest BCUT2D eigenvalue weighted by molar-refractivity contribution is -0.142. The van der Waals surface area contributed by atoms with Crippen molar-refractivity contribution in [3.63, 3.8) is 0 Å². The van der Waals surface area contributed by atoms with E-state index in [-0.39, 0.29) is 4.87 Å². The van der Waals surface area contributed by atoms with Gasteiger partial charge in [-0.25, -0.2) is 0 Å². The van der Waals surface area contributed by atoms with Gasteiger partial charge < -0.3 is 24.3 Å². The maximum Gasteiger partial charge on any atom is 0.308 e. The van der Waals surface area contributed by atoms with Crippen molar-refractivity contribution in [3.05, 3.63) is 68.1 Å². The van der Waals surface area contributed by atoms with E-state index in [2.05, 4.69) is 4.98 Å². The summed E-state index contributed by atoms with van der Waals surface area (Å²) in [5, 5.41) is 10.5. The van der Waals surface area contributed by atoms with Gasteiger partial charge in [-0.15, -0.1) is 0 Å². The molecular weight excluding hydrogens is 438 g/mol. The molecule has 0 bridgehead atoms. The average molecular weight is 460 g/mol. The SMILES string of the molecule is COc1ccc([C@@H]2c3sc(=O)[nH]c3S[C@@H](c3ccc(OC)c(OC)c3)[C@@H]2C(=O)O)cc1. The number of hydrogen-bond donors (Lipinski definition) is 2. The van der Waals surface area contributed by atoms with Gasteiger partial charge in [-0.3, -0.25) is 9.59 Å². The highest BCUT2D eigenvalue weighted by Gasteiger charge is 2.45. The Labute approximate surface area is 187 Å². The third-order valence-corrected chi connectivity index (χ3v) is 7.82. The molecule has 0 unspecified atom stereocenters. The molecule has 3 aromatic rings. The molecule has 162 valence electrons. The molecule has 1 aromatic heterocycles. The smallest absolute Gasteiger partial charge is 0.308 e. The third kappa shape index (κ3) is 3.90. The predicted molar refractivity (Wildman–Crippen MR) is 119 cm³/mol. The lowest BCUT2D eigenvalue weighted by Gasteiger charge is -2.35. The van der Waals surface area contributed by atoms with Crippen LogP contribution in [0.25, 0.3) is 0 Å². The van der Waals surface area contributed by atoms with Gasteiger partial charge in [-0.1, -0.05) is 41.3 Å². The summed E-state index contributed by atoms with van der Waals surface area (Å²) in [6, 6.07) is 12.7. The van der Waals surface area contributed by atoms with E-state index in [1.165, 1.54) is 11.8 Å². The van der Waals surface area contributed by atoms with Crippen molar-refractivity contribution in [2.75, 3.05) is 21.3 Å². The van der Waals surface area contributed by atoms with Crippen molar-refractivity contribution in [2.45, 2.75) is 16.2 Å². The molecule has 1 aliphatic rings. The zero-order valence-electron chi connectivity index (χ0n) is 17.1. The van der Waals surface area contributed by atoms with Crippen LogP contribution in [0.2, 0.25) is 0 Å². The second-order valence-corrected chi connectivity index (χ2v) is 9.14. The first kappa shape index (κ1) is 21.3. The number of carbonyl (C=O) groups is 1. The largest absolute Gasteiger partial charge is 0.497 e. The Balaban J connectivity index is 1.87. The molecule has 4 rings (SSSR count). The average Bonchev–Trinajstić information content (AvgIpc) is 3.17. The molecule has 0 fully saturated rings. The summed E-state index contributed by atoms with van der Waals surface area (Å²) in [5.74, 6) is -0.443. The minimum atomic E-state index is -0.931. The standard InChI is InChI=1S/C22H21NO6S2/c1-27-13-7-4-11(5-8-13)16-17(21(24)25)18(30-20-19(16)31-22(26)23-20)12-6-9-14(28-2)15(10-12)29-3/h4-10,16-18H,1-3H3,(H,23,26)(H,24,25)/t16-,17+,18-/m0/s1. The Morgan fingerprint density at radius 1 is 0.968 bits per heavy atom. The molecule has 2 aromatic carbocycles. The molecule has 0 saturated heterocycles. The highest BCUT2D eigenvalue weighted by Crippen LogP contribution is 2.56. The Morgan fingerprint density at radius 2 is 1.65 bits per heavy atom. The Morgan fingerprint density at radius 3 is 2.26 bits per heavy atom. The fourth-order valence-corrected chi connectivity index (χ4v) is 6.50. The molecule has 2 heterocycles. The van der Waals surface area contributed by atoms with E-state index in [9.17, 15) is 14.7 Å². The van der Waals surface area contributed by atoms with Gasteiger partial charge in [-0.2, -0.15) is 0 Å². The molecule has 3 atom stereocenters. The summed E-state index contributed by atoms with van der Waals surface area (Å²) in [6.45, 7) is 0. The van der Waals surface area contributed by atoms with Gasteiger partial charge in [0.25, 0.3) is 0 Å². The van der Waals surface area contributed by atoms with Gasteiger partial charge in [0, 0.05) is 10.8 Å². The summed E-state index contributed by atoms with van der Waals surface area (Å²) in [6.07, 6.45) is 0. The van der Waals surface area contributed by atoms with Gasteiger partial charge in [0.2, 0.25) is 0 Å². The molecule has 0 radical (unpaired) electrons. The van der Waals surface area contributed by atoms with Gasteiger partial charge >= 0.3 is 10.8 Å². The van der Waals surface area contributed by atoms with Crippen LogP contribution in [0.15, 0.2) is 52.3 Å². The Bertz CT molecular complexity index is 1150. The van der Waals surface area contributed by atoms with Gasteiger partial charge in [0.1, 0.15) is 5.75 Å². The number of benzene rings is 2. The Kier molecular flexibility index (Phi) is 5.97. The number of methoxy groups -OCH3 is 3. The Hall–Kier alpha value is -2.91. The number of aromatic amines is 1.